The maximum Gasteiger partial charge on any atom is 0.219 e. The van der Waals surface area contributed by atoms with E-state index in [0.717, 1.165) is 17.7 Å². The van der Waals surface area contributed by atoms with Crippen LogP contribution in [0.5, 0.6) is 0 Å². The first-order valence-electron chi connectivity index (χ1n) is 10.6. The van der Waals surface area contributed by atoms with Crippen LogP contribution in [0.2, 0.25) is 0 Å². The number of amides is 1. The van der Waals surface area contributed by atoms with Gasteiger partial charge in [0.2, 0.25) is 5.91 Å². The number of benzene rings is 1. The molecule has 1 amide bonds. The van der Waals surface area contributed by atoms with E-state index in [-0.39, 0.29) is 30.0 Å². The number of nitrogens with one attached hydrogen (secondary N) is 4. The Kier molecular flexibility index (Phi) is 7.49. The van der Waals surface area contributed by atoms with Gasteiger partial charge in [-0.15, -0.1) is 0 Å². The maximum atomic E-state index is 14.9. The number of ether oxygens (including phenoxy) is 1. The molecule has 1 fully saturated rings. The van der Waals surface area contributed by atoms with E-state index in [1.807, 2.05) is 0 Å². The summed E-state index contributed by atoms with van der Waals surface area (Å²) in [6, 6.07) is 4.96. The molecule has 0 radical (unpaired) electrons. The third-order valence-electron chi connectivity index (χ3n) is 5.67. The second kappa shape index (κ2) is 10.3. The van der Waals surface area contributed by atoms with Crippen molar-refractivity contribution in [3.63, 3.8) is 0 Å². The quantitative estimate of drug-likeness (QED) is 0.399. The van der Waals surface area contributed by atoms with Crippen LogP contribution >= 0.6 is 0 Å². The van der Waals surface area contributed by atoms with Gasteiger partial charge in [-0.2, -0.15) is 5.26 Å². The Bertz CT molecular complexity index is 1000. The molecule has 2 aliphatic heterocycles. The molecule has 0 spiro atoms. The van der Waals surface area contributed by atoms with E-state index in [9.17, 15) is 14.4 Å². The minimum absolute atomic E-state index is 0.00426. The Balaban J connectivity index is 1.90. The molecule has 1 aromatic carbocycles. The van der Waals surface area contributed by atoms with Gasteiger partial charge in [-0.3, -0.25) is 10.2 Å². The average Bonchev–Trinajstić information content (AvgIpc) is 3.28. The minimum atomic E-state index is -0.564. The van der Waals surface area contributed by atoms with E-state index in [0.29, 0.717) is 42.9 Å². The number of rotatable bonds is 6. The van der Waals surface area contributed by atoms with Crippen LogP contribution in [0.25, 0.3) is 5.57 Å². The fourth-order valence-corrected chi connectivity index (χ4v) is 3.91. The monoisotopic (exact) mass is 440 g/mol. The lowest BCUT2D eigenvalue weighted by atomic mass is 10.00. The minimum Gasteiger partial charge on any atom is -0.394 e. The van der Waals surface area contributed by atoms with Crippen molar-refractivity contribution in [3.05, 3.63) is 46.5 Å². The van der Waals surface area contributed by atoms with Crippen molar-refractivity contribution in [2.75, 3.05) is 38.7 Å². The second-order valence-electron chi connectivity index (χ2n) is 7.96. The Morgan fingerprint density at radius 3 is 2.81 bits per heavy atom. The molecule has 0 bridgehead atoms. The van der Waals surface area contributed by atoms with Crippen molar-refractivity contribution in [1.29, 1.82) is 10.7 Å². The highest BCUT2D eigenvalue weighted by Gasteiger charge is 2.27. The molecule has 1 saturated heterocycles. The molecule has 0 aliphatic carbocycles. The highest BCUT2D eigenvalue weighted by molar-refractivity contribution is 6.07. The van der Waals surface area contributed by atoms with Crippen molar-refractivity contribution in [2.24, 2.45) is 0 Å². The van der Waals surface area contributed by atoms with Crippen LogP contribution in [0.1, 0.15) is 37.8 Å². The van der Waals surface area contributed by atoms with Crippen molar-refractivity contribution < 1.29 is 13.9 Å². The third kappa shape index (κ3) is 5.26. The van der Waals surface area contributed by atoms with Crippen molar-refractivity contribution >= 4 is 23.0 Å². The molecule has 3 rings (SSSR count). The van der Waals surface area contributed by atoms with E-state index < -0.39 is 5.82 Å². The van der Waals surface area contributed by atoms with Gasteiger partial charge in [0.25, 0.3) is 0 Å². The summed E-state index contributed by atoms with van der Waals surface area (Å²) in [7, 11) is 1.73. The molecule has 32 heavy (non-hydrogen) atoms. The van der Waals surface area contributed by atoms with Gasteiger partial charge in [0.15, 0.2) is 0 Å². The van der Waals surface area contributed by atoms with E-state index in [1.165, 1.54) is 19.1 Å². The first-order valence-corrected chi connectivity index (χ1v) is 10.6. The number of anilines is 1. The first kappa shape index (κ1) is 23.3. The number of amidine groups is 1. The number of allylic oxidation sites excluding steroid dienone is 1. The zero-order valence-electron chi connectivity index (χ0n) is 18.6. The second-order valence-corrected chi connectivity index (χ2v) is 7.96. The number of carbonyl (C=O) groups is 1. The summed E-state index contributed by atoms with van der Waals surface area (Å²) in [6.45, 7) is 5.37. The fraction of sp³-hybridized carbons (Fsp3) is 0.435. The Morgan fingerprint density at radius 1 is 1.41 bits per heavy atom. The molecule has 1 aromatic rings. The molecule has 1 atom stereocenters. The van der Waals surface area contributed by atoms with Gasteiger partial charge in [0.05, 0.1) is 36.5 Å². The molecular formula is C23H29FN6O2. The predicted molar refractivity (Wildman–Crippen MR) is 121 cm³/mol. The summed E-state index contributed by atoms with van der Waals surface area (Å²) in [6.07, 6.45) is 3.14. The summed E-state index contributed by atoms with van der Waals surface area (Å²) in [5, 5.41) is 27.3. The van der Waals surface area contributed by atoms with Gasteiger partial charge in [-0.1, -0.05) is 0 Å². The van der Waals surface area contributed by atoms with Crippen LogP contribution in [0.4, 0.5) is 10.1 Å². The zero-order valence-corrected chi connectivity index (χ0v) is 18.6. The van der Waals surface area contributed by atoms with E-state index in [4.69, 9.17) is 10.1 Å². The zero-order chi connectivity index (χ0) is 23.3. The number of halogens is 1. The van der Waals surface area contributed by atoms with Gasteiger partial charge in [-0.25, -0.2) is 4.39 Å². The van der Waals surface area contributed by atoms with Gasteiger partial charge in [0.1, 0.15) is 11.7 Å². The molecule has 2 aliphatic rings. The van der Waals surface area contributed by atoms with Crippen molar-refractivity contribution in [3.8, 4) is 6.07 Å². The smallest absolute Gasteiger partial charge is 0.219 e. The van der Waals surface area contributed by atoms with Gasteiger partial charge < -0.3 is 25.6 Å². The number of nitriles is 1. The summed E-state index contributed by atoms with van der Waals surface area (Å²) in [4.78, 5) is 13.6. The summed E-state index contributed by atoms with van der Waals surface area (Å²) in [5.41, 5.74) is 3.02. The molecule has 0 aromatic heterocycles. The van der Waals surface area contributed by atoms with Crippen molar-refractivity contribution in [2.45, 2.75) is 32.7 Å². The molecule has 4 N–H and O–H groups in total. The lowest BCUT2D eigenvalue weighted by Crippen LogP contribution is -2.42. The molecule has 9 heteroatoms. The van der Waals surface area contributed by atoms with Crippen LogP contribution in [-0.2, 0) is 9.53 Å². The van der Waals surface area contributed by atoms with E-state index in [2.05, 4.69) is 22.0 Å². The lowest BCUT2D eigenvalue weighted by molar-refractivity contribution is -0.128. The number of carbonyl (C=O) groups excluding carboxylic acids is 1. The Labute approximate surface area is 187 Å². The van der Waals surface area contributed by atoms with E-state index >= 15 is 0 Å². The Morgan fingerprint density at radius 2 is 2.19 bits per heavy atom. The highest BCUT2D eigenvalue weighted by atomic mass is 19.1. The Hall–Kier alpha value is -3.38. The topological polar surface area (TPSA) is 113 Å². The van der Waals surface area contributed by atoms with Crippen LogP contribution < -0.4 is 16.0 Å². The number of hydrogen-bond donors (Lipinski definition) is 4. The average molecular weight is 441 g/mol. The van der Waals surface area contributed by atoms with Crippen LogP contribution in [0.3, 0.4) is 0 Å². The SMILES string of the molecule is CN/C=C(\C)c1cc(F)c(NC(=N)C2=C(NC3CCOC3)CCN(C(C)=O)C2)cc1C#N. The lowest BCUT2D eigenvalue weighted by Gasteiger charge is -2.32. The fourth-order valence-electron chi connectivity index (χ4n) is 3.91. The number of hydrogen-bond acceptors (Lipinski definition) is 6. The van der Waals surface area contributed by atoms with Gasteiger partial charge >= 0.3 is 0 Å². The standard InChI is InChI=1S/C23H29FN6O2/c1-14(11-27-3)18-9-20(24)22(8-16(18)10-25)29-23(26)19-12-30(15(2)31)6-4-21(19)28-17-5-7-32-13-17/h8-9,11,17,27-28H,4-7,12-13H2,1-3H3,(H2,26,29)/b14-11+. The summed E-state index contributed by atoms with van der Waals surface area (Å²) >= 11 is 0. The van der Waals surface area contributed by atoms with Crippen LogP contribution in [0, 0.1) is 22.6 Å². The van der Waals surface area contributed by atoms with Crippen LogP contribution in [0.15, 0.2) is 29.6 Å². The molecule has 1 unspecified atom stereocenters. The van der Waals surface area contributed by atoms with Crippen molar-refractivity contribution in [1.82, 2.24) is 15.5 Å². The maximum absolute atomic E-state index is 14.9. The predicted octanol–water partition coefficient (Wildman–Crippen LogP) is 2.55. The van der Waals surface area contributed by atoms with Gasteiger partial charge in [-0.05, 0) is 42.8 Å². The summed E-state index contributed by atoms with van der Waals surface area (Å²) < 4.78 is 20.3. The molecule has 170 valence electrons. The first-order chi connectivity index (χ1) is 15.3. The normalized spacial score (nSPS) is 18.9. The highest BCUT2D eigenvalue weighted by Crippen LogP contribution is 2.27. The van der Waals surface area contributed by atoms with E-state index in [1.54, 1.807) is 25.1 Å². The van der Waals surface area contributed by atoms with Crippen LogP contribution in [-0.4, -0.2) is 56.0 Å². The largest absolute Gasteiger partial charge is 0.394 e. The third-order valence-corrected chi connectivity index (χ3v) is 5.67. The molecule has 2 heterocycles. The number of nitrogens with zero attached hydrogens (tertiary/aromatic N) is 2. The summed E-state index contributed by atoms with van der Waals surface area (Å²) in [5.74, 6) is -0.644. The molecule has 8 nitrogen and oxygen atoms in total. The molecule has 0 saturated carbocycles. The van der Waals surface area contributed by atoms with Gasteiger partial charge in [0, 0.05) is 44.8 Å². The molecular weight excluding hydrogens is 411 g/mol.